The maximum absolute atomic E-state index is 11.8. The van der Waals surface area contributed by atoms with E-state index in [9.17, 15) is 4.79 Å². The number of hydrogen-bond donors (Lipinski definition) is 0. The molecule has 0 aromatic heterocycles. The minimum atomic E-state index is -0.0781. The smallest absolute Gasteiger partial charge is 0.310 e. The standard InChI is InChI=1S/C23H46NO2.ClH/c1-6-7-8-9-10-11-12-13-14-15-16-17-18-19-20-21-23(25)26-22(2)24(3,4)5;/h13-14,22H,6-12,15-21H2,1-5H3;1H/q+1;/p-1/b14-13-;. The molecule has 0 aliphatic carbocycles. The van der Waals surface area contributed by atoms with Gasteiger partial charge in [0.05, 0.1) is 21.1 Å². The number of quaternary nitrogens is 1. The van der Waals surface area contributed by atoms with Crippen LogP contribution in [0.5, 0.6) is 0 Å². The first-order valence-electron chi connectivity index (χ1n) is 11.0. The molecule has 0 radical (unpaired) electrons. The van der Waals surface area contributed by atoms with Crippen molar-refractivity contribution in [3.05, 3.63) is 12.2 Å². The van der Waals surface area contributed by atoms with Crippen molar-refractivity contribution in [2.24, 2.45) is 0 Å². The summed E-state index contributed by atoms with van der Waals surface area (Å²) in [6.45, 7) is 4.22. The van der Waals surface area contributed by atoms with Gasteiger partial charge in [0.1, 0.15) is 0 Å². The number of halogens is 1. The van der Waals surface area contributed by atoms with Gasteiger partial charge in [0.25, 0.3) is 0 Å². The van der Waals surface area contributed by atoms with Crippen LogP contribution in [0.25, 0.3) is 0 Å². The highest BCUT2D eigenvalue weighted by Crippen LogP contribution is 2.11. The van der Waals surface area contributed by atoms with Crippen LogP contribution in [-0.4, -0.2) is 37.8 Å². The van der Waals surface area contributed by atoms with Gasteiger partial charge in [-0.2, -0.15) is 0 Å². The Labute approximate surface area is 175 Å². The molecule has 0 saturated heterocycles. The number of carbonyl (C=O) groups excluding carboxylic acids is 1. The predicted octanol–water partition coefficient (Wildman–Crippen LogP) is 3.62. The minimum Gasteiger partial charge on any atom is -1.00 e. The molecule has 4 heteroatoms. The lowest BCUT2D eigenvalue weighted by Crippen LogP contribution is -3.00. The molecule has 1 atom stereocenters. The van der Waals surface area contributed by atoms with Gasteiger partial charge >= 0.3 is 5.97 Å². The zero-order chi connectivity index (χ0) is 19.7. The van der Waals surface area contributed by atoms with Gasteiger partial charge in [-0.1, -0.05) is 70.4 Å². The molecule has 1 unspecified atom stereocenters. The molecule has 0 spiro atoms. The molecule has 0 saturated carbocycles. The van der Waals surface area contributed by atoms with Gasteiger partial charge < -0.3 is 17.1 Å². The predicted molar refractivity (Wildman–Crippen MR) is 113 cm³/mol. The van der Waals surface area contributed by atoms with Crippen LogP contribution in [0.4, 0.5) is 0 Å². The lowest BCUT2D eigenvalue weighted by molar-refractivity contribution is -0.914. The second kappa shape index (κ2) is 18.8. The van der Waals surface area contributed by atoms with E-state index in [1.54, 1.807) is 0 Å². The average Bonchev–Trinajstić information content (AvgIpc) is 2.57. The minimum absolute atomic E-state index is 0. The fourth-order valence-corrected chi connectivity index (χ4v) is 2.75. The number of unbranched alkanes of at least 4 members (excludes halogenated alkanes) is 11. The monoisotopic (exact) mass is 403 g/mol. The molecule has 27 heavy (non-hydrogen) atoms. The van der Waals surface area contributed by atoms with E-state index in [1.165, 1.54) is 70.6 Å². The Bertz CT molecular complexity index is 364. The van der Waals surface area contributed by atoms with Crippen molar-refractivity contribution >= 4 is 5.97 Å². The number of carbonyl (C=O) groups is 1. The van der Waals surface area contributed by atoms with Gasteiger partial charge in [0.2, 0.25) is 6.23 Å². The Kier molecular flexibility index (Phi) is 20.0. The second-order valence-corrected chi connectivity index (χ2v) is 8.54. The van der Waals surface area contributed by atoms with Crippen LogP contribution in [0.2, 0.25) is 0 Å². The van der Waals surface area contributed by atoms with Crippen molar-refractivity contribution in [2.75, 3.05) is 21.1 Å². The molecular formula is C23H46ClNO2. The largest absolute Gasteiger partial charge is 1.00 e. The Morgan fingerprint density at radius 1 is 0.815 bits per heavy atom. The third-order valence-electron chi connectivity index (χ3n) is 5.04. The summed E-state index contributed by atoms with van der Waals surface area (Å²) < 4.78 is 6.11. The summed E-state index contributed by atoms with van der Waals surface area (Å²) in [5.41, 5.74) is 0. The summed E-state index contributed by atoms with van der Waals surface area (Å²) in [5.74, 6) is -0.0526. The fourth-order valence-electron chi connectivity index (χ4n) is 2.75. The maximum atomic E-state index is 11.8. The lowest BCUT2D eigenvalue weighted by Gasteiger charge is -2.30. The zero-order valence-corrected chi connectivity index (χ0v) is 19.5. The number of hydrogen-bond acceptors (Lipinski definition) is 2. The first-order valence-corrected chi connectivity index (χ1v) is 11.0. The van der Waals surface area contributed by atoms with Gasteiger partial charge in [0, 0.05) is 13.3 Å². The summed E-state index contributed by atoms with van der Waals surface area (Å²) in [6.07, 6.45) is 21.8. The normalized spacial score (nSPS) is 12.8. The summed E-state index contributed by atoms with van der Waals surface area (Å²) in [7, 11) is 6.13. The SMILES string of the molecule is CCCCCCCC/C=C\CCCCCCCC(=O)OC(C)[N+](C)(C)C.[Cl-]. The van der Waals surface area contributed by atoms with Crippen molar-refractivity contribution in [1.29, 1.82) is 0 Å². The molecular weight excluding hydrogens is 358 g/mol. The van der Waals surface area contributed by atoms with Crippen LogP contribution in [0, 0.1) is 0 Å². The maximum Gasteiger partial charge on any atom is 0.310 e. The number of nitrogens with zero attached hydrogens (tertiary/aromatic N) is 1. The van der Waals surface area contributed by atoms with Gasteiger partial charge in [-0.3, -0.25) is 9.28 Å². The quantitative estimate of drug-likeness (QED) is 0.122. The summed E-state index contributed by atoms with van der Waals surface area (Å²) in [4.78, 5) is 11.8. The molecule has 162 valence electrons. The second-order valence-electron chi connectivity index (χ2n) is 8.54. The summed E-state index contributed by atoms with van der Waals surface area (Å²) in [5, 5.41) is 0. The molecule has 0 N–H and O–H groups in total. The highest BCUT2D eigenvalue weighted by Gasteiger charge is 2.21. The Hall–Kier alpha value is -0.540. The highest BCUT2D eigenvalue weighted by atomic mass is 35.5. The molecule has 0 rings (SSSR count). The van der Waals surface area contributed by atoms with Crippen LogP contribution in [-0.2, 0) is 9.53 Å². The fraction of sp³-hybridized carbons (Fsp3) is 0.870. The van der Waals surface area contributed by atoms with Gasteiger partial charge in [-0.05, 0) is 32.1 Å². The molecule has 0 aromatic carbocycles. The molecule has 0 bridgehead atoms. The van der Waals surface area contributed by atoms with Crippen LogP contribution in [0.3, 0.4) is 0 Å². The first kappa shape index (κ1) is 28.7. The molecule has 3 nitrogen and oxygen atoms in total. The Morgan fingerprint density at radius 3 is 1.74 bits per heavy atom. The Morgan fingerprint density at radius 2 is 1.26 bits per heavy atom. The molecule has 0 aromatic rings. The molecule has 0 heterocycles. The van der Waals surface area contributed by atoms with Crippen molar-refractivity contribution in [3.63, 3.8) is 0 Å². The van der Waals surface area contributed by atoms with E-state index in [1.807, 2.05) is 28.1 Å². The summed E-state index contributed by atoms with van der Waals surface area (Å²) >= 11 is 0. The van der Waals surface area contributed by atoms with Gasteiger partial charge in [-0.15, -0.1) is 0 Å². The van der Waals surface area contributed by atoms with E-state index in [-0.39, 0.29) is 24.6 Å². The number of allylic oxidation sites excluding steroid dienone is 2. The van der Waals surface area contributed by atoms with E-state index in [4.69, 9.17) is 4.74 Å². The average molecular weight is 404 g/mol. The molecule has 0 aliphatic heterocycles. The first-order chi connectivity index (χ1) is 12.4. The van der Waals surface area contributed by atoms with Gasteiger partial charge in [-0.25, -0.2) is 0 Å². The third kappa shape index (κ3) is 20.0. The van der Waals surface area contributed by atoms with Crippen molar-refractivity contribution < 1.29 is 26.4 Å². The van der Waals surface area contributed by atoms with Crippen LogP contribution >= 0.6 is 0 Å². The topological polar surface area (TPSA) is 26.3 Å². The van der Waals surface area contributed by atoms with Crippen molar-refractivity contribution in [2.45, 2.75) is 110 Å². The highest BCUT2D eigenvalue weighted by molar-refractivity contribution is 5.69. The van der Waals surface area contributed by atoms with Crippen molar-refractivity contribution in [1.82, 2.24) is 0 Å². The number of rotatable bonds is 17. The summed E-state index contributed by atoms with van der Waals surface area (Å²) in [6, 6.07) is 0. The Balaban J connectivity index is 0. The van der Waals surface area contributed by atoms with Crippen molar-refractivity contribution in [3.8, 4) is 0 Å². The molecule has 0 aliphatic rings. The van der Waals surface area contributed by atoms with E-state index in [0.29, 0.717) is 10.9 Å². The number of esters is 1. The third-order valence-corrected chi connectivity index (χ3v) is 5.04. The van der Waals surface area contributed by atoms with E-state index in [0.717, 1.165) is 12.8 Å². The van der Waals surface area contributed by atoms with E-state index >= 15 is 0 Å². The van der Waals surface area contributed by atoms with Crippen LogP contribution < -0.4 is 12.4 Å². The van der Waals surface area contributed by atoms with E-state index in [2.05, 4.69) is 19.1 Å². The molecule has 0 amide bonds. The van der Waals surface area contributed by atoms with Crippen LogP contribution in [0.15, 0.2) is 12.2 Å². The molecule has 0 fully saturated rings. The van der Waals surface area contributed by atoms with Crippen LogP contribution in [0.1, 0.15) is 104 Å². The van der Waals surface area contributed by atoms with E-state index < -0.39 is 0 Å². The zero-order valence-electron chi connectivity index (χ0n) is 18.8. The van der Waals surface area contributed by atoms with Gasteiger partial charge in [0.15, 0.2) is 0 Å². The number of ether oxygens (including phenoxy) is 1. The lowest BCUT2D eigenvalue weighted by atomic mass is 10.1.